The van der Waals surface area contributed by atoms with Crippen LogP contribution in [0.25, 0.3) is 0 Å². The molecule has 29 heavy (non-hydrogen) atoms. The van der Waals surface area contributed by atoms with E-state index in [4.69, 9.17) is 18.9 Å². The first-order valence-corrected chi connectivity index (χ1v) is 10.5. The average Bonchev–Trinajstić information content (AvgIpc) is 3.17. The molecule has 1 amide bonds. The van der Waals surface area contributed by atoms with Crippen LogP contribution in [0.4, 0.5) is 0 Å². The minimum Gasteiger partial charge on any atom is -0.459 e. The number of hydrogen-bond acceptors (Lipinski definition) is 6. The van der Waals surface area contributed by atoms with E-state index in [9.17, 15) is 9.90 Å². The molecule has 4 rings (SSSR count). The molecule has 2 N–H and O–H groups in total. The standard InChI is InChI=1S/C22H29NO6/c1-2-26-22-16(7-4-10-24)17(14-8-9-18-19(11-14)28-13-27-18)12-20(29-22)21(25)23-15-5-3-6-15/h8-9,11-12,15-17,22,24H,2-7,10,13H2,1H3,(H,23,25)/t16-,17-,22-/m0/s1. The Balaban J connectivity index is 1.64. The molecule has 7 heteroatoms. The predicted molar refractivity (Wildman–Crippen MR) is 105 cm³/mol. The van der Waals surface area contributed by atoms with Crippen LogP contribution in [-0.4, -0.2) is 43.4 Å². The van der Waals surface area contributed by atoms with Gasteiger partial charge in [0, 0.05) is 31.1 Å². The van der Waals surface area contributed by atoms with E-state index in [0.717, 1.165) is 30.6 Å². The highest BCUT2D eigenvalue weighted by Crippen LogP contribution is 2.42. The molecule has 7 nitrogen and oxygen atoms in total. The van der Waals surface area contributed by atoms with Gasteiger partial charge in [0.15, 0.2) is 17.3 Å². The molecule has 1 saturated carbocycles. The van der Waals surface area contributed by atoms with Crippen molar-refractivity contribution in [1.82, 2.24) is 5.32 Å². The fourth-order valence-electron chi connectivity index (χ4n) is 4.07. The molecule has 1 aromatic rings. The summed E-state index contributed by atoms with van der Waals surface area (Å²) in [6.45, 7) is 2.70. The summed E-state index contributed by atoms with van der Waals surface area (Å²) >= 11 is 0. The van der Waals surface area contributed by atoms with Crippen molar-refractivity contribution >= 4 is 5.91 Å². The SMILES string of the molecule is CCO[C@H]1OC(C(=O)NC2CCC2)=C[C@@H](c2ccc3c(c2)OCO3)[C@@H]1CCCO. The van der Waals surface area contributed by atoms with Crippen LogP contribution in [0.15, 0.2) is 30.0 Å². The van der Waals surface area contributed by atoms with Gasteiger partial charge in [0.25, 0.3) is 5.91 Å². The first kappa shape index (κ1) is 20.0. The smallest absolute Gasteiger partial charge is 0.286 e. The first-order chi connectivity index (χ1) is 14.2. The Bertz CT molecular complexity index is 760. The summed E-state index contributed by atoms with van der Waals surface area (Å²) in [7, 11) is 0. The largest absolute Gasteiger partial charge is 0.459 e. The summed E-state index contributed by atoms with van der Waals surface area (Å²) < 4.78 is 22.9. The van der Waals surface area contributed by atoms with Crippen molar-refractivity contribution in [2.24, 2.45) is 5.92 Å². The number of carbonyl (C=O) groups excluding carboxylic acids is 1. The summed E-state index contributed by atoms with van der Waals surface area (Å²) in [6, 6.07) is 6.09. The van der Waals surface area contributed by atoms with E-state index in [-0.39, 0.29) is 37.2 Å². The van der Waals surface area contributed by atoms with Crippen molar-refractivity contribution in [3.8, 4) is 11.5 Å². The first-order valence-electron chi connectivity index (χ1n) is 10.5. The van der Waals surface area contributed by atoms with Crippen molar-refractivity contribution in [2.75, 3.05) is 20.0 Å². The second-order valence-electron chi connectivity index (χ2n) is 7.74. The van der Waals surface area contributed by atoms with Gasteiger partial charge in [0.05, 0.1) is 0 Å². The Morgan fingerprint density at radius 3 is 2.83 bits per heavy atom. The van der Waals surface area contributed by atoms with Crippen molar-refractivity contribution in [3.05, 3.63) is 35.6 Å². The van der Waals surface area contributed by atoms with Crippen molar-refractivity contribution in [2.45, 2.75) is 57.3 Å². The van der Waals surface area contributed by atoms with Crippen LogP contribution in [0.5, 0.6) is 11.5 Å². The molecule has 2 heterocycles. The number of hydrogen-bond donors (Lipinski definition) is 2. The number of allylic oxidation sites excluding steroid dienone is 1. The van der Waals surface area contributed by atoms with Crippen LogP contribution in [0, 0.1) is 5.92 Å². The molecule has 0 radical (unpaired) electrons. The third kappa shape index (κ3) is 4.36. The fraction of sp³-hybridized carbons (Fsp3) is 0.591. The summed E-state index contributed by atoms with van der Waals surface area (Å²) in [5.41, 5.74) is 1.01. The van der Waals surface area contributed by atoms with E-state index in [1.807, 2.05) is 31.2 Å². The summed E-state index contributed by atoms with van der Waals surface area (Å²) in [6.07, 6.45) is 5.87. The zero-order valence-electron chi connectivity index (χ0n) is 16.8. The van der Waals surface area contributed by atoms with Crippen LogP contribution < -0.4 is 14.8 Å². The van der Waals surface area contributed by atoms with Gasteiger partial charge in [-0.25, -0.2) is 0 Å². The predicted octanol–water partition coefficient (Wildman–Crippen LogP) is 2.83. The Labute approximate surface area is 171 Å². The maximum atomic E-state index is 12.8. The Morgan fingerprint density at radius 2 is 2.10 bits per heavy atom. The topological polar surface area (TPSA) is 86.3 Å². The zero-order valence-corrected chi connectivity index (χ0v) is 16.8. The number of carbonyl (C=O) groups is 1. The van der Waals surface area contributed by atoms with E-state index in [0.29, 0.717) is 31.0 Å². The molecule has 0 aromatic heterocycles. The van der Waals surface area contributed by atoms with Gasteiger partial charge in [-0.2, -0.15) is 0 Å². The second kappa shape index (κ2) is 9.05. The highest BCUT2D eigenvalue weighted by atomic mass is 16.7. The second-order valence-corrected chi connectivity index (χ2v) is 7.74. The molecule has 1 aliphatic carbocycles. The molecule has 2 aliphatic heterocycles. The number of fused-ring (bicyclic) bond motifs is 1. The lowest BCUT2D eigenvalue weighted by molar-refractivity contribution is -0.167. The molecule has 0 spiro atoms. The van der Waals surface area contributed by atoms with E-state index >= 15 is 0 Å². The van der Waals surface area contributed by atoms with Crippen molar-refractivity contribution in [1.29, 1.82) is 0 Å². The Hall–Kier alpha value is -2.25. The lowest BCUT2D eigenvalue weighted by atomic mass is 9.80. The van der Waals surface area contributed by atoms with Gasteiger partial charge in [-0.1, -0.05) is 6.07 Å². The number of aliphatic hydroxyl groups excluding tert-OH is 1. The molecule has 0 unspecified atom stereocenters. The van der Waals surface area contributed by atoms with E-state index in [1.54, 1.807) is 0 Å². The number of amides is 1. The molecule has 3 atom stereocenters. The molecule has 158 valence electrons. The van der Waals surface area contributed by atoms with Gasteiger partial charge in [0.2, 0.25) is 13.1 Å². The van der Waals surface area contributed by atoms with Gasteiger partial charge in [-0.3, -0.25) is 4.79 Å². The normalized spacial score (nSPS) is 25.7. The average molecular weight is 403 g/mol. The molecule has 1 fully saturated rings. The van der Waals surface area contributed by atoms with Gasteiger partial charge in [-0.15, -0.1) is 0 Å². The Kier molecular flexibility index (Phi) is 6.25. The van der Waals surface area contributed by atoms with Gasteiger partial charge in [0.1, 0.15) is 0 Å². The lowest BCUT2D eigenvalue weighted by Gasteiger charge is -2.37. The van der Waals surface area contributed by atoms with Crippen LogP contribution in [0.3, 0.4) is 0 Å². The van der Waals surface area contributed by atoms with E-state index in [1.165, 1.54) is 0 Å². The molecular weight excluding hydrogens is 374 g/mol. The van der Waals surface area contributed by atoms with Crippen LogP contribution >= 0.6 is 0 Å². The zero-order chi connectivity index (χ0) is 20.2. The minimum absolute atomic E-state index is 0.0253. The number of nitrogens with one attached hydrogen (secondary N) is 1. The van der Waals surface area contributed by atoms with Crippen LogP contribution in [-0.2, 0) is 14.3 Å². The van der Waals surface area contributed by atoms with Crippen LogP contribution in [0.1, 0.15) is 50.5 Å². The molecule has 0 bridgehead atoms. The third-order valence-corrected chi connectivity index (χ3v) is 5.86. The van der Waals surface area contributed by atoms with Crippen molar-refractivity contribution in [3.63, 3.8) is 0 Å². The number of aliphatic hydroxyl groups is 1. The summed E-state index contributed by atoms with van der Waals surface area (Å²) in [5, 5.41) is 12.4. The number of ether oxygens (including phenoxy) is 4. The number of rotatable bonds is 8. The summed E-state index contributed by atoms with van der Waals surface area (Å²) in [5.74, 6) is 1.42. The fourth-order valence-corrected chi connectivity index (χ4v) is 4.07. The maximum Gasteiger partial charge on any atom is 0.286 e. The summed E-state index contributed by atoms with van der Waals surface area (Å²) in [4.78, 5) is 12.8. The Morgan fingerprint density at radius 1 is 1.28 bits per heavy atom. The maximum absolute atomic E-state index is 12.8. The molecular formula is C22H29NO6. The number of benzene rings is 1. The minimum atomic E-state index is -0.547. The molecule has 0 saturated heterocycles. The van der Waals surface area contributed by atoms with Crippen molar-refractivity contribution < 1.29 is 28.8 Å². The highest BCUT2D eigenvalue weighted by Gasteiger charge is 2.38. The van der Waals surface area contributed by atoms with Gasteiger partial charge >= 0.3 is 0 Å². The molecule has 3 aliphatic rings. The van der Waals surface area contributed by atoms with Gasteiger partial charge < -0.3 is 29.4 Å². The van der Waals surface area contributed by atoms with Gasteiger partial charge in [-0.05, 0) is 62.8 Å². The third-order valence-electron chi connectivity index (χ3n) is 5.86. The quantitative estimate of drug-likeness (QED) is 0.694. The molecule has 1 aromatic carbocycles. The highest BCUT2D eigenvalue weighted by molar-refractivity contribution is 5.92. The van der Waals surface area contributed by atoms with E-state index in [2.05, 4.69) is 5.32 Å². The van der Waals surface area contributed by atoms with E-state index < -0.39 is 6.29 Å². The monoisotopic (exact) mass is 403 g/mol. The lowest BCUT2D eigenvalue weighted by Crippen LogP contribution is -2.43. The van der Waals surface area contributed by atoms with Crippen LogP contribution in [0.2, 0.25) is 0 Å².